The highest BCUT2D eigenvalue weighted by Gasteiger charge is 2.27. The third-order valence-corrected chi connectivity index (χ3v) is 5.25. The van der Waals surface area contributed by atoms with E-state index in [-0.39, 0.29) is 10.8 Å². The Hall–Kier alpha value is -1.17. The maximum absolute atomic E-state index is 13.5. The molecule has 98 valence electrons. The number of nitrogens with one attached hydrogen (secondary N) is 1. The zero-order chi connectivity index (χ0) is 13.1. The van der Waals surface area contributed by atoms with Crippen LogP contribution < -0.4 is 5.32 Å². The quantitative estimate of drug-likeness (QED) is 0.746. The number of hydrogen-bond acceptors (Lipinski definition) is 3. The van der Waals surface area contributed by atoms with E-state index in [1.54, 1.807) is 6.07 Å². The standard InChI is InChI=1S/C13H11ClFN3S/c1-6-11(7-4-16-5-7)18-9-3-2-8(15)10(14)12(9)19-13(18)17-6/h2-3,7,16H,4-5H2,1H3. The van der Waals surface area contributed by atoms with Crippen LogP contribution in [0.5, 0.6) is 0 Å². The van der Waals surface area contributed by atoms with Gasteiger partial charge in [-0.05, 0) is 19.1 Å². The number of thiazole rings is 1. The van der Waals surface area contributed by atoms with Gasteiger partial charge in [0.25, 0.3) is 0 Å². The van der Waals surface area contributed by atoms with Crippen molar-refractivity contribution in [2.75, 3.05) is 13.1 Å². The summed E-state index contributed by atoms with van der Waals surface area (Å²) in [6.45, 7) is 3.98. The number of aryl methyl sites for hydroxylation is 1. The smallest absolute Gasteiger partial charge is 0.195 e. The van der Waals surface area contributed by atoms with Crippen molar-refractivity contribution in [2.45, 2.75) is 12.8 Å². The predicted octanol–water partition coefficient (Wildman–Crippen LogP) is 3.34. The van der Waals surface area contributed by atoms with Crippen LogP contribution in [0.2, 0.25) is 5.02 Å². The van der Waals surface area contributed by atoms with E-state index in [0.29, 0.717) is 5.92 Å². The Kier molecular flexibility index (Phi) is 2.40. The Morgan fingerprint density at radius 1 is 1.47 bits per heavy atom. The average Bonchev–Trinajstić information content (AvgIpc) is 2.80. The number of rotatable bonds is 1. The maximum atomic E-state index is 13.5. The van der Waals surface area contributed by atoms with E-state index in [0.717, 1.165) is 34.0 Å². The molecular weight excluding hydrogens is 285 g/mol. The molecule has 4 rings (SSSR count). The summed E-state index contributed by atoms with van der Waals surface area (Å²) in [5.74, 6) is 0.110. The number of imidazole rings is 1. The SMILES string of the molecule is Cc1nc2sc3c(Cl)c(F)ccc3n2c1C1CNC1. The molecule has 3 heterocycles. The summed E-state index contributed by atoms with van der Waals surface area (Å²) in [7, 11) is 0. The van der Waals surface area contributed by atoms with Crippen LogP contribution in [0.3, 0.4) is 0 Å². The molecule has 0 atom stereocenters. The van der Waals surface area contributed by atoms with Crippen LogP contribution in [-0.4, -0.2) is 22.5 Å². The molecule has 0 unspecified atom stereocenters. The minimum absolute atomic E-state index is 0.198. The first-order valence-corrected chi connectivity index (χ1v) is 7.32. The monoisotopic (exact) mass is 295 g/mol. The lowest BCUT2D eigenvalue weighted by Crippen LogP contribution is -2.40. The normalized spacial score (nSPS) is 16.4. The lowest BCUT2D eigenvalue weighted by molar-refractivity contribution is 0.437. The summed E-state index contributed by atoms with van der Waals surface area (Å²) in [6.07, 6.45) is 0. The second-order valence-electron chi connectivity index (χ2n) is 4.87. The third-order valence-electron chi connectivity index (χ3n) is 3.70. The summed E-state index contributed by atoms with van der Waals surface area (Å²) in [4.78, 5) is 5.49. The van der Waals surface area contributed by atoms with Gasteiger partial charge in [0, 0.05) is 19.0 Å². The van der Waals surface area contributed by atoms with Gasteiger partial charge in [0.1, 0.15) is 5.82 Å². The van der Waals surface area contributed by atoms with Gasteiger partial charge in [-0.15, -0.1) is 0 Å². The summed E-state index contributed by atoms with van der Waals surface area (Å²) >= 11 is 7.50. The second-order valence-corrected chi connectivity index (χ2v) is 6.22. The molecule has 1 saturated heterocycles. The van der Waals surface area contributed by atoms with Crippen molar-refractivity contribution >= 4 is 38.1 Å². The molecule has 0 aliphatic carbocycles. The maximum Gasteiger partial charge on any atom is 0.195 e. The van der Waals surface area contributed by atoms with E-state index < -0.39 is 0 Å². The molecule has 0 saturated carbocycles. The first-order chi connectivity index (χ1) is 9.16. The zero-order valence-corrected chi connectivity index (χ0v) is 11.8. The van der Waals surface area contributed by atoms with E-state index >= 15 is 0 Å². The van der Waals surface area contributed by atoms with Crippen molar-refractivity contribution in [3.8, 4) is 0 Å². The molecule has 19 heavy (non-hydrogen) atoms. The van der Waals surface area contributed by atoms with Gasteiger partial charge in [-0.1, -0.05) is 22.9 Å². The van der Waals surface area contributed by atoms with Crippen molar-refractivity contribution in [3.63, 3.8) is 0 Å². The number of hydrogen-bond donors (Lipinski definition) is 1. The highest BCUT2D eigenvalue weighted by molar-refractivity contribution is 7.24. The molecule has 2 aromatic heterocycles. The highest BCUT2D eigenvalue weighted by Crippen LogP contribution is 2.37. The highest BCUT2D eigenvalue weighted by atomic mass is 35.5. The summed E-state index contributed by atoms with van der Waals surface area (Å²) < 4.78 is 16.4. The number of halogens is 2. The molecule has 3 aromatic rings. The Morgan fingerprint density at radius 2 is 2.26 bits per heavy atom. The van der Waals surface area contributed by atoms with Crippen molar-refractivity contribution < 1.29 is 4.39 Å². The lowest BCUT2D eigenvalue weighted by Gasteiger charge is -2.27. The van der Waals surface area contributed by atoms with E-state index in [4.69, 9.17) is 11.6 Å². The van der Waals surface area contributed by atoms with Crippen molar-refractivity contribution in [1.82, 2.24) is 14.7 Å². The molecular formula is C13H11ClFN3S. The first-order valence-electron chi connectivity index (χ1n) is 6.13. The van der Waals surface area contributed by atoms with E-state index in [1.807, 2.05) is 6.92 Å². The van der Waals surface area contributed by atoms with Gasteiger partial charge in [0.15, 0.2) is 4.96 Å². The summed E-state index contributed by atoms with van der Waals surface area (Å²) in [5, 5.41) is 3.48. The second kappa shape index (κ2) is 3.91. The van der Waals surface area contributed by atoms with Gasteiger partial charge < -0.3 is 5.32 Å². The van der Waals surface area contributed by atoms with Gasteiger partial charge in [0.05, 0.1) is 26.6 Å². The number of nitrogens with zero attached hydrogens (tertiary/aromatic N) is 2. The molecule has 0 radical (unpaired) electrons. The van der Waals surface area contributed by atoms with Crippen molar-refractivity contribution in [1.29, 1.82) is 0 Å². The molecule has 0 amide bonds. The molecule has 1 aliphatic rings. The van der Waals surface area contributed by atoms with Gasteiger partial charge in [0.2, 0.25) is 0 Å². The molecule has 1 aromatic carbocycles. The fraction of sp³-hybridized carbons (Fsp3) is 0.308. The molecule has 1 fully saturated rings. The van der Waals surface area contributed by atoms with Crippen LogP contribution in [0.15, 0.2) is 12.1 Å². The van der Waals surface area contributed by atoms with Crippen LogP contribution in [-0.2, 0) is 0 Å². The van der Waals surface area contributed by atoms with E-state index in [2.05, 4.69) is 14.7 Å². The van der Waals surface area contributed by atoms with Crippen molar-refractivity contribution in [2.24, 2.45) is 0 Å². The molecule has 6 heteroatoms. The molecule has 0 bridgehead atoms. The Bertz CT molecular complexity index is 803. The Morgan fingerprint density at radius 3 is 2.95 bits per heavy atom. The van der Waals surface area contributed by atoms with Crippen molar-refractivity contribution in [3.05, 3.63) is 34.4 Å². The topological polar surface area (TPSA) is 29.3 Å². The van der Waals surface area contributed by atoms with E-state index in [1.165, 1.54) is 23.1 Å². The molecule has 0 spiro atoms. The van der Waals surface area contributed by atoms with Crippen LogP contribution in [0, 0.1) is 12.7 Å². The molecule has 3 nitrogen and oxygen atoms in total. The van der Waals surface area contributed by atoms with Gasteiger partial charge in [-0.3, -0.25) is 4.40 Å². The Labute approximate surface area is 118 Å². The lowest BCUT2D eigenvalue weighted by atomic mass is 9.98. The Balaban J connectivity index is 2.11. The number of fused-ring (bicyclic) bond motifs is 3. The van der Waals surface area contributed by atoms with Crippen LogP contribution in [0.4, 0.5) is 4.39 Å². The first kappa shape index (κ1) is 11.6. The van der Waals surface area contributed by atoms with Crippen LogP contribution in [0.1, 0.15) is 17.3 Å². The minimum Gasteiger partial charge on any atom is -0.315 e. The van der Waals surface area contributed by atoms with Gasteiger partial charge >= 0.3 is 0 Å². The minimum atomic E-state index is -0.373. The van der Waals surface area contributed by atoms with Gasteiger partial charge in [-0.2, -0.15) is 0 Å². The fourth-order valence-electron chi connectivity index (χ4n) is 2.66. The number of aromatic nitrogens is 2. The zero-order valence-electron chi connectivity index (χ0n) is 10.2. The largest absolute Gasteiger partial charge is 0.315 e. The molecule has 1 aliphatic heterocycles. The fourth-order valence-corrected chi connectivity index (χ4v) is 4.04. The number of benzene rings is 1. The third kappa shape index (κ3) is 1.49. The van der Waals surface area contributed by atoms with E-state index in [9.17, 15) is 4.39 Å². The van der Waals surface area contributed by atoms with Crippen LogP contribution in [0.25, 0.3) is 15.2 Å². The van der Waals surface area contributed by atoms with Crippen LogP contribution >= 0.6 is 22.9 Å². The predicted molar refractivity (Wildman–Crippen MR) is 75.9 cm³/mol. The summed E-state index contributed by atoms with van der Waals surface area (Å²) in [5.41, 5.74) is 3.23. The molecule has 1 N–H and O–H groups in total. The summed E-state index contributed by atoms with van der Waals surface area (Å²) in [6, 6.07) is 3.21. The van der Waals surface area contributed by atoms with Gasteiger partial charge in [-0.25, -0.2) is 9.37 Å². The average molecular weight is 296 g/mol.